The lowest BCUT2D eigenvalue weighted by Crippen LogP contribution is -2.45. The number of hydrogen-bond donors (Lipinski definition) is 1. The SMILES string of the molecule is CCN1C(=O)C[C@@H](C(=O)Nc2cccc(C(=O)[O-])c2)SC1=Nc1ccc(Cl)c(Cl)c1. The molecule has 0 spiro atoms. The number of carbonyl (C=O) groups excluding carboxylic acids is 3. The second-order valence-electron chi connectivity index (χ2n) is 6.30. The first-order valence-electron chi connectivity index (χ1n) is 8.91. The lowest BCUT2D eigenvalue weighted by atomic mass is 10.2. The molecular weight excluding hydrogens is 449 g/mol. The van der Waals surface area contributed by atoms with Gasteiger partial charge in [-0.1, -0.05) is 47.1 Å². The molecule has 0 bridgehead atoms. The molecule has 1 saturated heterocycles. The van der Waals surface area contributed by atoms with Crippen LogP contribution < -0.4 is 10.4 Å². The van der Waals surface area contributed by atoms with Gasteiger partial charge in [0.25, 0.3) is 0 Å². The fraction of sp³-hybridized carbons (Fsp3) is 0.200. The van der Waals surface area contributed by atoms with E-state index in [1.807, 2.05) is 6.92 Å². The van der Waals surface area contributed by atoms with Gasteiger partial charge in [-0.25, -0.2) is 4.99 Å². The molecule has 10 heteroatoms. The van der Waals surface area contributed by atoms with E-state index in [9.17, 15) is 19.5 Å². The maximum atomic E-state index is 12.7. The Labute approximate surface area is 187 Å². The number of carboxylic acids is 1. The number of carboxylic acid groups (broad SMARTS) is 1. The van der Waals surface area contributed by atoms with Crippen molar-refractivity contribution < 1.29 is 19.5 Å². The van der Waals surface area contributed by atoms with E-state index < -0.39 is 17.1 Å². The number of aromatic carboxylic acids is 1. The third-order valence-electron chi connectivity index (χ3n) is 4.24. The van der Waals surface area contributed by atoms with Crippen LogP contribution in [-0.2, 0) is 9.59 Å². The van der Waals surface area contributed by atoms with E-state index in [0.29, 0.717) is 33.1 Å². The number of nitrogens with zero attached hydrogens (tertiary/aromatic N) is 2. The minimum absolute atomic E-state index is 0.00902. The van der Waals surface area contributed by atoms with E-state index >= 15 is 0 Å². The monoisotopic (exact) mass is 464 g/mol. The first kappa shape index (κ1) is 22.1. The smallest absolute Gasteiger partial charge is 0.238 e. The molecule has 1 fully saturated rings. The summed E-state index contributed by atoms with van der Waals surface area (Å²) >= 11 is 13.1. The zero-order valence-electron chi connectivity index (χ0n) is 15.7. The summed E-state index contributed by atoms with van der Waals surface area (Å²) in [5.74, 6) is -2.01. The molecule has 1 atom stereocenters. The average Bonchev–Trinajstić information content (AvgIpc) is 2.70. The van der Waals surface area contributed by atoms with Crippen LogP contribution in [0.4, 0.5) is 11.4 Å². The predicted molar refractivity (Wildman–Crippen MR) is 116 cm³/mol. The number of thioether (sulfide) groups is 1. The molecule has 0 aromatic heterocycles. The number of carbonyl (C=O) groups is 3. The number of benzene rings is 2. The fourth-order valence-electron chi connectivity index (χ4n) is 2.76. The molecule has 2 aromatic rings. The summed E-state index contributed by atoms with van der Waals surface area (Å²) in [6.07, 6.45) is -0.00902. The highest BCUT2D eigenvalue weighted by Crippen LogP contribution is 2.32. The lowest BCUT2D eigenvalue weighted by Gasteiger charge is -2.31. The van der Waals surface area contributed by atoms with Gasteiger partial charge < -0.3 is 15.2 Å². The Bertz CT molecular complexity index is 1040. The van der Waals surface area contributed by atoms with E-state index in [2.05, 4.69) is 10.3 Å². The van der Waals surface area contributed by atoms with Crippen LogP contribution in [0.3, 0.4) is 0 Å². The largest absolute Gasteiger partial charge is 0.545 e. The Balaban J connectivity index is 1.82. The lowest BCUT2D eigenvalue weighted by molar-refractivity contribution is -0.255. The van der Waals surface area contributed by atoms with Crippen molar-refractivity contribution in [2.75, 3.05) is 11.9 Å². The molecule has 3 rings (SSSR count). The minimum atomic E-state index is -1.34. The Morgan fingerprint density at radius 1 is 1.23 bits per heavy atom. The van der Waals surface area contributed by atoms with Gasteiger partial charge in [-0.05, 0) is 42.8 Å². The van der Waals surface area contributed by atoms with E-state index in [-0.39, 0.29) is 17.9 Å². The fourth-order valence-corrected chi connectivity index (χ4v) is 4.22. The van der Waals surface area contributed by atoms with Gasteiger partial charge in [0.05, 0.1) is 21.7 Å². The number of halogens is 2. The maximum absolute atomic E-state index is 12.7. The summed E-state index contributed by atoms with van der Waals surface area (Å²) < 4.78 is 0. The van der Waals surface area contributed by atoms with E-state index in [4.69, 9.17) is 23.2 Å². The van der Waals surface area contributed by atoms with Crippen molar-refractivity contribution in [1.82, 2.24) is 4.90 Å². The Hall–Kier alpha value is -2.55. The number of nitrogens with one attached hydrogen (secondary N) is 1. The third-order valence-corrected chi connectivity index (χ3v) is 6.17. The number of aliphatic imine (C=N–C) groups is 1. The van der Waals surface area contributed by atoms with Crippen molar-refractivity contribution in [3.8, 4) is 0 Å². The first-order valence-corrected chi connectivity index (χ1v) is 10.5. The van der Waals surface area contributed by atoms with E-state index in [1.165, 1.54) is 23.1 Å². The highest BCUT2D eigenvalue weighted by molar-refractivity contribution is 8.15. The molecule has 1 aliphatic heterocycles. The van der Waals surface area contributed by atoms with Crippen molar-refractivity contribution in [2.45, 2.75) is 18.6 Å². The molecule has 30 heavy (non-hydrogen) atoms. The summed E-state index contributed by atoms with van der Waals surface area (Å²) in [4.78, 5) is 42.3. The quantitative estimate of drug-likeness (QED) is 0.730. The van der Waals surface area contributed by atoms with Crippen LogP contribution in [0, 0.1) is 0 Å². The van der Waals surface area contributed by atoms with Gasteiger partial charge in [0.15, 0.2) is 5.17 Å². The van der Waals surface area contributed by atoms with Gasteiger partial charge in [0, 0.05) is 18.7 Å². The topological polar surface area (TPSA) is 102 Å². The van der Waals surface area contributed by atoms with Crippen LogP contribution in [0.25, 0.3) is 0 Å². The van der Waals surface area contributed by atoms with Crippen LogP contribution in [0.5, 0.6) is 0 Å². The van der Waals surface area contributed by atoms with Crippen molar-refractivity contribution in [3.63, 3.8) is 0 Å². The second-order valence-corrected chi connectivity index (χ2v) is 8.28. The summed E-state index contributed by atoms with van der Waals surface area (Å²) in [6, 6.07) is 10.6. The number of amides is 2. The number of anilines is 1. The number of amidine groups is 1. The number of hydrogen-bond acceptors (Lipinski definition) is 6. The van der Waals surface area contributed by atoms with Gasteiger partial charge in [0.2, 0.25) is 11.8 Å². The van der Waals surface area contributed by atoms with E-state index in [0.717, 1.165) is 11.8 Å². The maximum Gasteiger partial charge on any atom is 0.238 e. The zero-order chi connectivity index (χ0) is 21.8. The van der Waals surface area contributed by atoms with Gasteiger partial charge >= 0.3 is 0 Å². The van der Waals surface area contributed by atoms with Crippen LogP contribution in [0.15, 0.2) is 47.5 Å². The van der Waals surface area contributed by atoms with Crippen molar-refractivity contribution >= 4 is 69.3 Å². The average molecular weight is 465 g/mol. The van der Waals surface area contributed by atoms with Crippen LogP contribution in [-0.4, -0.2) is 39.6 Å². The molecule has 2 amide bonds. The molecule has 0 radical (unpaired) electrons. The Morgan fingerprint density at radius 2 is 2.00 bits per heavy atom. The Morgan fingerprint density at radius 3 is 2.67 bits per heavy atom. The summed E-state index contributed by atoms with van der Waals surface area (Å²) in [6.45, 7) is 2.21. The summed E-state index contributed by atoms with van der Waals surface area (Å²) in [5, 5.41) is 14.0. The highest BCUT2D eigenvalue weighted by atomic mass is 35.5. The predicted octanol–water partition coefficient (Wildman–Crippen LogP) is 3.34. The van der Waals surface area contributed by atoms with Crippen molar-refractivity contribution in [3.05, 3.63) is 58.1 Å². The van der Waals surface area contributed by atoms with Crippen molar-refractivity contribution in [2.24, 2.45) is 4.99 Å². The first-order chi connectivity index (χ1) is 14.3. The summed E-state index contributed by atoms with van der Waals surface area (Å²) in [7, 11) is 0. The molecule has 0 saturated carbocycles. The van der Waals surface area contributed by atoms with Gasteiger partial charge in [-0.3, -0.25) is 14.5 Å². The molecule has 0 aliphatic carbocycles. The number of rotatable bonds is 5. The van der Waals surface area contributed by atoms with Crippen LogP contribution in [0.2, 0.25) is 10.0 Å². The normalized spacial score (nSPS) is 17.8. The van der Waals surface area contributed by atoms with Crippen molar-refractivity contribution in [1.29, 1.82) is 0 Å². The molecule has 1 heterocycles. The summed E-state index contributed by atoms with van der Waals surface area (Å²) in [5.41, 5.74) is 0.746. The molecule has 7 nitrogen and oxygen atoms in total. The highest BCUT2D eigenvalue weighted by Gasteiger charge is 2.35. The molecule has 1 aliphatic rings. The minimum Gasteiger partial charge on any atom is -0.545 e. The van der Waals surface area contributed by atoms with Gasteiger partial charge in [-0.15, -0.1) is 0 Å². The van der Waals surface area contributed by atoms with Crippen LogP contribution in [0.1, 0.15) is 23.7 Å². The van der Waals surface area contributed by atoms with Gasteiger partial charge in [-0.2, -0.15) is 0 Å². The molecule has 156 valence electrons. The van der Waals surface area contributed by atoms with E-state index in [1.54, 1.807) is 24.3 Å². The zero-order valence-corrected chi connectivity index (χ0v) is 18.1. The molecule has 0 unspecified atom stereocenters. The Kier molecular flexibility index (Phi) is 7.02. The molecular formula is C20H16Cl2N3O4S-. The van der Waals surface area contributed by atoms with Gasteiger partial charge in [0.1, 0.15) is 5.25 Å². The van der Waals surface area contributed by atoms with Crippen LogP contribution >= 0.6 is 35.0 Å². The second kappa shape index (κ2) is 9.51. The molecule has 1 N–H and O–H groups in total. The molecule has 2 aromatic carbocycles. The third kappa shape index (κ3) is 5.13. The standard InChI is InChI=1S/C20H17Cl2N3O4S/c1-2-25-17(26)10-16(18(27)23-12-5-3-4-11(8-12)19(28)29)30-20(25)24-13-6-7-14(21)15(22)9-13/h3-9,16H,2,10H2,1H3,(H,23,27)(H,28,29)/p-1/t16-/m0/s1.